The molecule has 0 bridgehead atoms. The molecule has 3 rings (SSSR count). The van der Waals surface area contributed by atoms with E-state index in [1.165, 1.54) is 12.1 Å². The van der Waals surface area contributed by atoms with Crippen molar-refractivity contribution < 1.29 is 18.8 Å². The Balaban J connectivity index is 1.64. The van der Waals surface area contributed by atoms with Gasteiger partial charge in [0.15, 0.2) is 0 Å². The fraction of sp³-hybridized carbons (Fsp3) is 0.176. The number of halogens is 1. The van der Waals surface area contributed by atoms with E-state index in [9.17, 15) is 9.18 Å². The zero-order valence-electron chi connectivity index (χ0n) is 12.5. The predicted molar refractivity (Wildman–Crippen MR) is 84.1 cm³/mol. The lowest BCUT2D eigenvalue weighted by Gasteiger charge is -2.10. The molecule has 0 spiro atoms. The van der Waals surface area contributed by atoms with Crippen molar-refractivity contribution in [1.82, 2.24) is 0 Å². The highest BCUT2D eigenvalue weighted by atomic mass is 19.1. The quantitative estimate of drug-likeness (QED) is 0.944. The number of carbonyl (C=O) groups is 1. The summed E-state index contributed by atoms with van der Waals surface area (Å²) in [6, 6.07) is 13.1. The van der Waals surface area contributed by atoms with Crippen molar-refractivity contribution in [3.8, 4) is 5.75 Å². The summed E-state index contributed by atoms with van der Waals surface area (Å²) >= 11 is 0. The van der Waals surface area contributed by atoms with Gasteiger partial charge in [-0.25, -0.2) is 4.39 Å². The van der Waals surface area contributed by atoms with Gasteiger partial charge in [-0.1, -0.05) is 23.4 Å². The maximum atomic E-state index is 13.2. The van der Waals surface area contributed by atoms with Crippen LogP contribution in [0.15, 0.2) is 53.7 Å². The molecule has 0 aromatic heterocycles. The van der Waals surface area contributed by atoms with E-state index in [0.717, 1.165) is 0 Å². The Morgan fingerprint density at radius 3 is 2.91 bits per heavy atom. The van der Waals surface area contributed by atoms with E-state index >= 15 is 0 Å². The van der Waals surface area contributed by atoms with E-state index in [0.29, 0.717) is 29.1 Å². The molecule has 23 heavy (non-hydrogen) atoms. The van der Waals surface area contributed by atoms with Crippen molar-refractivity contribution in [1.29, 1.82) is 0 Å². The molecule has 0 aliphatic carbocycles. The minimum absolute atomic E-state index is 0.291. The molecule has 0 saturated heterocycles. The number of hydrogen-bond donors (Lipinski definition) is 1. The van der Waals surface area contributed by atoms with Crippen LogP contribution >= 0.6 is 0 Å². The zero-order chi connectivity index (χ0) is 16.2. The molecule has 6 heteroatoms. The van der Waals surface area contributed by atoms with E-state index in [2.05, 4.69) is 10.5 Å². The second-order valence-corrected chi connectivity index (χ2v) is 5.07. The van der Waals surface area contributed by atoms with E-state index < -0.39 is 6.10 Å². The SMILES string of the molecule is COc1cccc(NC(=O)C2CC(c3cccc(F)c3)=NO2)c1. The summed E-state index contributed by atoms with van der Waals surface area (Å²) < 4.78 is 18.4. The fourth-order valence-electron chi connectivity index (χ4n) is 2.28. The Morgan fingerprint density at radius 1 is 1.30 bits per heavy atom. The van der Waals surface area contributed by atoms with Crippen molar-refractivity contribution in [2.24, 2.45) is 5.16 Å². The third kappa shape index (κ3) is 3.48. The fourth-order valence-corrected chi connectivity index (χ4v) is 2.28. The zero-order valence-corrected chi connectivity index (χ0v) is 12.5. The number of hydrogen-bond acceptors (Lipinski definition) is 4. The first-order chi connectivity index (χ1) is 11.2. The predicted octanol–water partition coefficient (Wildman–Crippen LogP) is 2.97. The molecule has 1 atom stereocenters. The van der Waals surface area contributed by atoms with Crippen LogP contribution in [0.3, 0.4) is 0 Å². The number of oxime groups is 1. The Kier molecular flexibility index (Phi) is 4.23. The molecule has 2 aromatic carbocycles. The molecule has 1 N–H and O–H groups in total. The van der Waals surface area contributed by atoms with E-state index in [1.54, 1.807) is 43.5 Å². The minimum atomic E-state index is -0.737. The molecule has 1 heterocycles. The maximum Gasteiger partial charge on any atom is 0.268 e. The highest BCUT2D eigenvalue weighted by molar-refractivity contribution is 6.06. The third-order valence-corrected chi connectivity index (χ3v) is 3.46. The average Bonchev–Trinajstić information content (AvgIpc) is 3.05. The van der Waals surface area contributed by atoms with Crippen LogP contribution in [0, 0.1) is 5.82 Å². The van der Waals surface area contributed by atoms with Crippen LogP contribution in [-0.4, -0.2) is 24.8 Å². The van der Waals surface area contributed by atoms with Gasteiger partial charge < -0.3 is 14.9 Å². The standard InChI is InChI=1S/C17H15FN2O3/c1-22-14-7-3-6-13(9-14)19-17(21)16-10-15(20-23-16)11-4-2-5-12(18)8-11/h2-9,16H,10H2,1H3,(H,19,21). The summed E-state index contributed by atoms with van der Waals surface area (Å²) in [5.41, 5.74) is 1.77. The van der Waals surface area contributed by atoms with Crippen molar-refractivity contribution in [2.45, 2.75) is 12.5 Å². The summed E-state index contributed by atoms with van der Waals surface area (Å²) in [6.45, 7) is 0. The second-order valence-electron chi connectivity index (χ2n) is 5.07. The largest absolute Gasteiger partial charge is 0.497 e. The van der Waals surface area contributed by atoms with Crippen molar-refractivity contribution in [2.75, 3.05) is 12.4 Å². The van der Waals surface area contributed by atoms with Crippen LogP contribution in [0.2, 0.25) is 0 Å². The number of benzene rings is 2. The number of methoxy groups -OCH3 is 1. The smallest absolute Gasteiger partial charge is 0.268 e. The molecule has 1 aliphatic rings. The van der Waals surface area contributed by atoms with Gasteiger partial charge in [0.05, 0.1) is 12.8 Å². The minimum Gasteiger partial charge on any atom is -0.497 e. The van der Waals surface area contributed by atoms with Gasteiger partial charge >= 0.3 is 0 Å². The second kappa shape index (κ2) is 6.48. The lowest BCUT2D eigenvalue weighted by atomic mass is 10.0. The lowest BCUT2D eigenvalue weighted by Crippen LogP contribution is -2.28. The summed E-state index contributed by atoms with van der Waals surface area (Å²) in [4.78, 5) is 17.4. The van der Waals surface area contributed by atoms with Gasteiger partial charge in [-0.05, 0) is 24.3 Å². The molecule has 0 fully saturated rings. The number of nitrogens with one attached hydrogen (secondary N) is 1. The monoisotopic (exact) mass is 314 g/mol. The van der Waals surface area contributed by atoms with Crippen molar-refractivity contribution in [3.63, 3.8) is 0 Å². The van der Waals surface area contributed by atoms with E-state index in [4.69, 9.17) is 9.57 Å². The van der Waals surface area contributed by atoms with Gasteiger partial charge in [-0.3, -0.25) is 4.79 Å². The van der Waals surface area contributed by atoms with Gasteiger partial charge in [-0.15, -0.1) is 0 Å². The summed E-state index contributed by atoms with van der Waals surface area (Å²) in [6.07, 6.45) is -0.446. The topological polar surface area (TPSA) is 59.9 Å². The molecule has 118 valence electrons. The van der Waals surface area contributed by atoms with Crippen LogP contribution in [0.25, 0.3) is 0 Å². The number of amides is 1. The van der Waals surface area contributed by atoms with Gasteiger partial charge in [0.1, 0.15) is 11.6 Å². The Bertz CT molecular complexity index is 761. The molecule has 1 aliphatic heterocycles. The van der Waals surface area contributed by atoms with Crippen molar-refractivity contribution >= 4 is 17.3 Å². The molecule has 1 unspecified atom stereocenters. The molecule has 0 radical (unpaired) electrons. The molecular formula is C17H15FN2O3. The van der Waals surface area contributed by atoms with Crippen molar-refractivity contribution in [3.05, 3.63) is 59.9 Å². The van der Waals surface area contributed by atoms with Crippen LogP contribution in [-0.2, 0) is 9.63 Å². The Labute approximate surface area is 132 Å². The number of carbonyl (C=O) groups excluding carboxylic acids is 1. The number of anilines is 1. The number of rotatable bonds is 4. The van der Waals surface area contributed by atoms with Gasteiger partial charge in [0, 0.05) is 23.7 Å². The first-order valence-corrected chi connectivity index (χ1v) is 7.09. The number of nitrogens with zero attached hydrogens (tertiary/aromatic N) is 1. The van der Waals surface area contributed by atoms with Crippen LogP contribution < -0.4 is 10.1 Å². The summed E-state index contributed by atoms with van der Waals surface area (Å²) in [7, 11) is 1.56. The molecular weight excluding hydrogens is 299 g/mol. The van der Waals surface area contributed by atoms with Crippen LogP contribution in [0.4, 0.5) is 10.1 Å². The van der Waals surface area contributed by atoms with E-state index in [1.807, 2.05) is 0 Å². The van der Waals surface area contributed by atoms with Gasteiger partial charge in [0.25, 0.3) is 5.91 Å². The first kappa shape index (κ1) is 15.0. The van der Waals surface area contributed by atoms with Crippen LogP contribution in [0.1, 0.15) is 12.0 Å². The third-order valence-electron chi connectivity index (χ3n) is 3.46. The van der Waals surface area contributed by atoms with Crippen LogP contribution in [0.5, 0.6) is 5.75 Å². The average molecular weight is 314 g/mol. The Hall–Kier alpha value is -2.89. The molecule has 2 aromatic rings. The highest BCUT2D eigenvalue weighted by Crippen LogP contribution is 2.21. The number of ether oxygens (including phenoxy) is 1. The normalized spacial score (nSPS) is 16.4. The van der Waals surface area contributed by atoms with Gasteiger partial charge in [0.2, 0.25) is 6.10 Å². The van der Waals surface area contributed by atoms with E-state index in [-0.39, 0.29) is 11.7 Å². The molecule has 5 nitrogen and oxygen atoms in total. The maximum absolute atomic E-state index is 13.2. The highest BCUT2D eigenvalue weighted by Gasteiger charge is 2.29. The Morgan fingerprint density at radius 2 is 2.13 bits per heavy atom. The molecule has 0 saturated carbocycles. The molecule has 1 amide bonds. The first-order valence-electron chi connectivity index (χ1n) is 7.09. The van der Waals surface area contributed by atoms with Gasteiger partial charge in [-0.2, -0.15) is 0 Å². The summed E-state index contributed by atoms with van der Waals surface area (Å²) in [5, 5.41) is 6.64. The lowest BCUT2D eigenvalue weighted by molar-refractivity contribution is -0.125. The summed E-state index contributed by atoms with van der Waals surface area (Å²) in [5.74, 6) is -0.0188.